The number of nitrogens with one attached hydrogen (secondary N) is 1. The number of aryl methyl sites for hydroxylation is 2. The van der Waals surface area contributed by atoms with Gasteiger partial charge < -0.3 is 29.2 Å². The molecule has 9 heteroatoms. The quantitative estimate of drug-likeness (QED) is 0.0814. The Balaban J connectivity index is 1.33. The topological polar surface area (TPSA) is 103 Å². The van der Waals surface area contributed by atoms with Gasteiger partial charge in [-0.2, -0.15) is 0 Å². The fourth-order valence-electron chi connectivity index (χ4n) is 6.78. The van der Waals surface area contributed by atoms with Gasteiger partial charge in [0.25, 0.3) is 11.7 Å². The van der Waals surface area contributed by atoms with Gasteiger partial charge in [0.1, 0.15) is 6.04 Å². The number of Topliss-reactive ketones (excluding diaryl/α,β-unsaturated/α-hetero) is 1. The summed E-state index contributed by atoms with van der Waals surface area (Å²) >= 11 is 0. The van der Waals surface area contributed by atoms with E-state index in [0.29, 0.717) is 12.4 Å². The molecule has 9 nitrogen and oxygen atoms in total. The Morgan fingerprint density at radius 2 is 1.32 bits per heavy atom. The fraction of sp³-hybridized carbons (Fsp3) is 0.341. The summed E-state index contributed by atoms with van der Waals surface area (Å²) in [5.41, 5.74) is 3.61. The van der Waals surface area contributed by atoms with Crippen molar-refractivity contribution in [3.05, 3.63) is 131 Å². The maximum atomic E-state index is 14.2. The molecular weight excluding hydrogens is 668 g/mol. The first-order chi connectivity index (χ1) is 25.9. The summed E-state index contributed by atoms with van der Waals surface area (Å²) in [6, 6.07) is 32.4. The summed E-state index contributed by atoms with van der Waals surface area (Å²) in [4.78, 5) is 43.4. The molecule has 1 unspecified atom stereocenters. The van der Waals surface area contributed by atoms with Crippen molar-refractivity contribution in [2.24, 2.45) is 0 Å². The molecule has 0 aliphatic carbocycles. The smallest absolute Gasteiger partial charge is 0.295 e. The predicted molar refractivity (Wildman–Crippen MR) is 206 cm³/mol. The highest BCUT2D eigenvalue weighted by Gasteiger charge is 2.43. The number of hydrogen-bond donors (Lipinski definition) is 1. The Morgan fingerprint density at radius 3 is 1.85 bits per heavy atom. The Kier molecular flexibility index (Phi) is 14.6. The van der Waals surface area contributed by atoms with Crippen LogP contribution in [0.1, 0.15) is 59.2 Å². The zero-order valence-corrected chi connectivity index (χ0v) is 30.9. The van der Waals surface area contributed by atoms with Crippen LogP contribution in [0.4, 0.5) is 0 Å². The van der Waals surface area contributed by atoms with Crippen LogP contribution >= 0.6 is 0 Å². The van der Waals surface area contributed by atoms with Crippen LogP contribution in [0.15, 0.2) is 109 Å². The molecule has 0 spiro atoms. The minimum absolute atomic E-state index is 0.0681. The largest absolute Gasteiger partial charge is 0.493 e. The third kappa shape index (κ3) is 11.0. The van der Waals surface area contributed by atoms with Gasteiger partial charge in [-0.15, -0.1) is 0 Å². The van der Waals surface area contributed by atoms with Crippen molar-refractivity contribution in [2.75, 3.05) is 34.5 Å². The van der Waals surface area contributed by atoms with Crippen molar-refractivity contribution in [3.63, 3.8) is 0 Å². The lowest BCUT2D eigenvalue weighted by molar-refractivity contribution is -0.135. The molecule has 1 fully saturated rings. The second-order valence-corrected chi connectivity index (χ2v) is 13.2. The highest BCUT2D eigenvalue weighted by molar-refractivity contribution is 6.43. The van der Waals surface area contributed by atoms with E-state index < -0.39 is 23.8 Å². The fourth-order valence-corrected chi connectivity index (χ4v) is 6.78. The van der Waals surface area contributed by atoms with Gasteiger partial charge in [0.05, 0.1) is 34.0 Å². The maximum Gasteiger partial charge on any atom is 0.295 e. The van der Waals surface area contributed by atoms with Gasteiger partial charge in [-0.1, -0.05) is 103 Å². The number of ether oxygens (including phenoxy) is 4. The van der Waals surface area contributed by atoms with E-state index in [1.807, 2.05) is 78.9 Å². The maximum absolute atomic E-state index is 14.2. The number of ketones is 1. The minimum Gasteiger partial charge on any atom is -0.493 e. The lowest BCUT2D eigenvalue weighted by Crippen LogP contribution is -2.50. The summed E-state index contributed by atoms with van der Waals surface area (Å²) in [5, 5.41) is 3.29. The minimum atomic E-state index is -0.887. The molecule has 0 aromatic heterocycles. The van der Waals surface area contributed by atoms with Gasteiger partial charge in [0.15, 0.2) is 11.5 Å². The van der Waals surface area contributed by atoms with Crippen molar-refractivity contribution in [3.8, 4) is 17.2 Å². The lowest BCUT2D eigenvalue weighted by atomic mass is 9.98. The number of methoxy groups -OCH3 is 3. The lowest BCUT2D eigenvalue weighted by Gasteiger charge is -2.26. The van der Waals surface area contributed by atoms with E-state index in [4.69, 9.17) is 18.9 Å². The molecule has 4 aromatic carbocycles. The molecule has 1 aliphatic rings. The van der Waals surface area contributed by atoms with Crippen molar-refractivity contribution in [1.82, 2.24) is 10.2 Å². The third-order valence-corrected chi connectivity index (χ3v) is 9.55. The van der Waals surface area contributed by atoms with Crippen LogP contribution in [0, 0.1) is 0 Å². The van der Waals surface area contributed by atoms with E-state index in [9.17, 15) is 14.4 Å². The van der Waals surface area contributed by atoms with Gasteiger partial charge in [-0.05, 0) is 67.3 Å². The molecule has 0 radical (unpaired) electrons. The SMILES string of the molecule is COc1cc(C(=O)C(=O)N2CC(OC/C=C/c3ccccc3)C[C@H]2C(=O)NC(CCCc2ccccc2)CCCc2ccccc2)cc(OC)c1OC. The molecule has 1 aliphatic heterocycles. The Bertz CT molecular complexity index is 1730. The average molecular weight is 719 g/mol. The Labute approximate surface area is 312 Å². The molecule has 1 heterocycles. The number of hydrogen-bond acceptors (Lipinski definition) is 7. The molecule has 5 rings (SSSR count). The van der Waals surface area contributed by atoms with Crippen LogP contribution in [0.25, 0.3) is 6.08 Å². The molecule has 1 N–H and O–H groups in total. The standard InChI is InChI=1S/C44H50N2O7/c1-50-39-28-35(29-40(51-2)42(39)52-3)41(47)44(49)46-31-37(53-27-15-24-34-20-11-6-12-21-34)30-38(46)43(48)45-36(25-13-22-32-16-7-4-8-17-32)26-14-23-33-18-9-5-10-19-33/h4-12,15-21,24,28-29,36-38H,13-14,22-23,25-27,30-31H2,1-3H3,(H,45,48)/b24-15+/t37?,38-/m0/s1. The van der Waals surface area contributed by atoms with Crippen LogP contribution in [-0.2, 0) is 27.2 Å². The van der Waals surface area contributed by atoms with Gasteiger partial charge in [0, 0.05) is 24.6 Å². The number of benzene rings is 4. The second kappa shape index (κ2) is 20.0. The molecule has 1 saturated heterocycles. The molecule has 278 valence electrons. The summed E-state index contributed by atoms with van der Waals surface area (Å²) in [5.74, 6) is -1.06. The highest BCUT2D eigenvalue weighted by Crippen LogP contribution is 2.38. The van der Waals surface area contributed by atoms with E-state index in [1.54, 1.807) is 0 Å². The third-order valence-electron chi connectivity index (χ3n) is 9.55. The molecular formula is C44H50N2O7. The summed E-state index contributed by atoms with van der Waals surface area (Å²) in [6.45, 7) is 0.386. The molecule has 0 saturated carbocycles. The number of carbonyl (C=O) groups excluding carboxylic acids is 3. The van der Waals surface area contributed by atoms with E-state index >= 15 is 0 Å². The van der Waals surface area contributed by atoms with Gasteiger partial charge in [-0.25, -0.2) is 0 Å². The molecule has 0 bridgehead atoms. The van der Waals surface area contributed by atoms with E-state index in [0.717, 1.165) is 44.1 Å². The van der Waals surface area contributed by atoms with E-state index in [2.05, 4.69) is 29.6 Å². The van der Waals surface area contributed by atoms with Crippen molar-refractivity contribution in [2.45, 2.75) is 63.1 Å². The molecule has 53 heavy (non-hydrogen) atoms. The predicted octanol–water partition coefficient (Wildman–Crippen LogP) is 7.13. The molecule has 2 amide bonds. The number of carbonyl (C=O) groups is 3. The normalized spacial score (nSPS) is 15.4. The van der Waals surface area contributed by atoms with Gasteiger partial charge in [0.2, 0.25) is 11.7 Å². The zero-order chi connectivity index (χ0) is 37.4. The van der Waals surface area contributed by atoms with Crippen LogP contribution in [0.3, 0.4) is 0 Å². The first kappa shape index (κ1) is 38.8. The number of nitrogens with zero attached hydrogens (tertiary/aromatic N) is 1. The number of rotatable bonds is 19. The summed E-state index contributed by atoms with van der Waals surface area (Å²) in [7, 11) is 4.35. The van der Waals surface area contributed by atoms with Crippen LogP contribution in [0.2, 0.25) is 0 Å². The molecule has 4 aromatic rings. The molecule has 2 atom stereocenters. The van der Waals surface area contributed by atoms with Gasteiger partial charge in [-0.3, -0.25) is 14.4 Å². The van der Waals surface area contributed by atoms with Crippen molar-refractivity contribution < 1.29 is 33.3 Å². The van der Waals surface area contributed by atoms with Gasteiger partial charge >= 0.3 is 0 Å². The van der Waals surface area contributed by atoms with E-state index in [-0.39, 0.29) is 42.0 Å². The summed E-state index contributed by atoms with van der Waals surface area (Å²) < 4.78 is 22.4. The van der Waals surface area contributed by atoms with E-state index in [1.165, 1.54) is 49.5 Å². The summed E-state index contributed by atoms with van der Waals surface area (Å²) in [6.07, 6.45) is 8.84. The monoisotopic (exact) mass is 718 g/mol. The number of likely N-dealkylation sites (tertiary alicyclic amines) is 1. The highest BCUT2D eigenvalue weighted by atomic mass is 16.5. The Morgan fingerprint density at radius 1 is 0.774 bits per heavy atom. The second-order valence-electron chi connectivity index (χ2n) is 13.2. The van der Waals surface area contributed by atoms with Crippen LogP contribution < -0.4 is 19.5 Å². The average Bonchev–Trinajstić information content (AvgIpc) is 3.64. The van der Waals surface area contributed by atoms with Crippen molar-refractivity contribution >= 4 is 23.7 Å². The first-order valence-electron chi connectivity index (χ1n) is 18.3. The van der Waals surface area contributed by atoms with Crippen LogP contribution in [-0.4, -0.2) is 75.2 Å². The zero-order valence-electron chi connectivity index (χ0n) is 30.9. The Hall–Kier alpha value is -5.41. The van der Waals surface area contributed by atoms with Crippen molar-refractivity contribution in [1.29, 1.82) is 0 Å². The first-order valence-corrected chi connectivity index (χ1v) is 18.3. The number of amides is 2. The van der Waals surface area contributed by atoms with Crippen LogP contribution in [0.5, 0.6) is 17.2 Å².